The molecule has 0 saturated carbocycles. The van der Waals surface area contributed by atoms with Gasteiger partial charge in [-0.3, -0.25) is 4.79 Å². The summed E-state index contributed by atoms with van der Waals surface area (Å²) in [5.74, 6) is 2.69. The van der Waals surface area contributed by atoms with E-state index in [0.29, 0.717) is 30.6 Å². The smallest absolute Gasteiger partial charge is 0.231 e. The third kappa shape index (κ3) is 4.18. The predicted molar refractivity (Wildman–Crippen MR) is 94.3 cm³/mol. The van der Waals surface area contributed by atoms with Gasteiger partial charge >= 0.3 is 0 Å². The van der Waals surface area contributed by atoms with Crippen LogP contribution in [0.5, 0.6) is 5.75 Å². The van der Waals surface area contributed by atoms with Crippen LogP contribution >= 0.6 is 0 Å². The summed E-state index contributed by atoms with van der Waals surface area (Å²) >= 11 is 0. The first-order chi connectivity index (χ1) is 12.1. The van der Waals surface area contributed by atoms with Crippen LogP contribution in [-0.4, -0.2) is 41.1 Å². The van der Waals surface area contributed by atoms with E-state index < -0.39 is 0 Å². The average Bonchev–Trinajstić information content (AvgIpc) is 3.11. The Balaban J connectivity index is 1.69. The molecule has 1 aliphatic rings. The van der Waals surface area contributed by atoms with Crippen LogP contribution in [0.2, 0.25) is 0 Å². The lowest BCUT2D eigenvalue weighted by Crippen LogP contribution is -2.39. The number of carbonyl (C=O) groups is 1. The Morgan fingerprint density at radius 1 is 1.36 bits per heavy atom. The summed E-state index contributed by atoms with van der Waals surface area (Å²) in [6.45, 7) is 5.62. The monoisotopic (exact) mass is 343 g/mol. The molecule has 1 aromatic carbocycles. The largest absolute Gasteiger partial charge is 0.497 e. The zero-order valence-corrected chi connectivity index (χ0v) is 15.1. The number of hydrogen-bond acceptors (Lipinski definition) is 5. The fraction of sp³-hybridized carbons (Fsp3) is 0.526. The minimum absolute atomic E-state index is 0.115. The number of benzene rings is 1. The van der Waals surface area contributed by atoms with Gasteiger partial charge in [0.25, 0.3) is 0 Å². The van der Waals surface area contributed by atoms with Crippen molar-refractivity contribution in [1.29, 1.82) is 0 Å². The van der Waals surface area contributed by atoms with Gasteiger partial charge in [0.05, 0.1) is 13.0 Å². The standard InChI is InChI=1S/C19H25N3O3/c1-13(2)11-17(23)22-10-4-5-15(12-22)19-20-18(21-25-19)14-6-8-16(24-3)9-7-14/h6-9,13,15H,4-5,10-12H2,1-3H3. The lowest BCUT2D eigenvalue weighted by Gasteiger charge is -2.31. The SMILES string of the molecule is COc1ccc(-c2noc(C3CCCN(C(=O)CC(C)C)C3)n2)cc1. The van der Waals surface area contributed by atoms with Crippen molar-refractivity contribution < 1.29 is 14.1 Å². The first-order valence-electron chi connectivity index (χ1n) is 8.82. The quantitative estimate of drug-likeness (QED) is 0.831. The Bertz CT molecular complexity index is 709. The number of aromatic nitrogens is 2. The van der Waals surface area contributed by atoms with Crippen molar-refractivity contribution >= 4 is 5.91 Å². The fourth-order valence-corrected chi connectivity index (χ4v) is 3.14. The number of nitrogens with zero attached hydrogens (tertiary/aromatic N) is 3. The summed E-state index contributed by atoms with van der Waals surface area (Å²) < 4.78 is 10.7. The molecule has 0 spiro atoms. The second kappa shape index (κ2) is 7.68. The van der Waals surface area contributed by atoms with Crippen molar-refractivity contribution in [2.45, 2.75) is 39.0 Å². The lowest BCUT2D eigenvalue weighted by molar-refractivity contribution is -0.133. The van der Waals surface area contributed by atoms with Crippen molar-refractivity contribution in [3.05, 3.63) is 30.2 Å². The Morgan fingerprint density at radius 3 is 2.80 bits per heavy atom. The molecule has 2 heterocycles. The van der Waals surface area contributed by atoms with Crippen molar-refractivity contribution in [3.8, 4) is 17.1 Å². The van der Waals surface area contributed by atoms with Gasteiger partial charge in [-0.25, -0.2) is 0 Å². The predicted octanol–water partition coefficient (Wildman–Crippen LogP) is 3.50. The number of likely N-dealkylation sites (tertiary alicyclic amines) is 1. The molecule has 6 heteroatoms. The van der Waals surface area contributed by atoms with E-state index in [1.165, 1.54) is 0 Å². The Kier molecular flexibility index (Phi) is 5.36. The van der Waals surface area contributed by atoms with Gasteiger partial charge in [-0.1, -0.05) is 19.0 Å². The maximum Gasteiger partial charge on any atom is 0.231 e. The third-order valence-electron chi connectivity index (χ3n) is 4.50. The highest BCUT2D eigenvalue weighted by Crippen LogP contribution is 2.28. The molecule has 1 atom stereocenters. The normalized spacial score (nSPS) is 17.8. The minimum Gasteiger partial charge on any atom is -0.497 e. The van der Waals surface area contributed by atoms with Gasteiger partial charge in [-0.2, -0.15) is 4.98 Å². The van der Waals surface area contributed by atoms with Gasteiger partial charge in [0.2, 0.25) is 17.6 Å². The van der Waals surface area contributed by atoms with Crippen LogP contribution < -0.4 is 4.74 Å². The summed E-state index contributed by atoms with van der Waals surface area (Å²) in [6, 6.07) is 7.57. The molecule has 1 saturated heterocycles. The second-order valence-electron chi connectivity index (χ2n) is 6.96. The average molecular weight is 343 g/mol. The maximum atomic E-state index is 12.3. The molecule has 1 aromatic heterocycles. The molecule has 0 bridgehead atoms. The van der Waals surface area contributed by atoms with Crippen LogP contribution in [0, 0.1) is 5.92 Å². The Morgan fingerprint density at radius 2 is 2.12 bits per heavy atom. The number of amides is 1. The van der Waals surface area contributed by atoms with Crippen LogP contribution in [0.25, 0.3) is 11.4 Å². The van der Waals surface area contributed by atoms with Gasteiger partial charge in [0, 0.05) is 25.1 Å². The highest BCUT2D eigenvalue weighted by molar-refractivity contribution is 5.76. The molecule has 2 aromatic rings. The lowest BCUT2D eigenvalue weighted by atomic mass is 9.97. The number of carbonyl (C=O) groups excluding carboxylic acids is 1. The first kappa shape index (κ1) is 17.5. The molecular weight excluding hydrogens is 318 g/mol. The molecule has 1 fully saturated rings. The number of hydrogen-bond donors (Lipinski definition) is 0. The van der Waals surface area contributed by atoms with E-state index >= 15 is 0 Å². The Hall–Kier alpha value is -2.37. The molecule has 0 aliphatic carbocycles. The zero-order valence-electron chi connectivity index (χ0n) is 15.1. The van der Waals surface area contributed by atoms with Gasteiger partial charge in [-0.15, -0.1) is 0 Å². The zero-order chi connectivity index (χ0) is 17.8. The van der Waals surface area contributed by atoms with E-state index in [2.05, 4.69) is 24.0 Å². The van der Waals surface area contributed by atoms with E-state index in [9.17, 15) is 4.79 Å². The van der Waals surface area contributed by atoms with E-state index in [-0.39, 0.29) is 11.8 Å². The molecule has 1 aliphatic heterocycles. The molecule has 25 heavy (non-hydrogen) atoms. The van der Waals surface area contributed by atoms with E-state index in [1.807, 2.05) is 29.2 Å². The van der Waals surface area contributed by atoms with Crippen molar-refractivity contribution in [2.75, 3.05) is 20.2 Å². The van der Waals surface area contributed by atoms with E-state index in [1.54, 1.807) is 7.11 Å². The summed E-state index contributed by atoms with van der Waals surface area (Å²) in [6.07, 6.45) is 2.53. The molecule has 3 rings (SSSR count). The van der Waals surface area contributed by atoms with Gasteiger partial charge in [0.15, 0.2) is 0 Å². The maximum absolute atomic E-state index is 12.3. The topological polar surface area (TPSA) is 68.5 Å². The number of rotatable bonds is 5. The molecular formula is C19H25N3O3. The minimum atomic E-state index is 0.115. The van der Waals surface area contributed by atoms with E-state index in [0.717, 1.165) is 30.7 Å². The highest BCUT2D eigenvalue weighted by Gasteiger charge is 2.28. The van der Waals surface area contributed by atoms with Crippen molar-refractivity contribution in [3.63, 3.8) is 0 Å². The number of piperidine rings is 1. The Labute approximate surface area is 148 Å². The molecule has 0 N–H and O–H groups in total. The van der Waals surface area contributed by atoms with Gasteiger partial charge in [0.1, 0.15) is 5.75 Å². The van der Waals surface area contributed by atoms with Crippen molar-refractivity contribution in [2.24, 2.45) is 5.92 Å². The van der Waals surface area contributed by atoms with Crippen LogP contribution in [0.1, 0.15) is 44.9 Å². The summed E-state index contributed by atoms with van der Waals surface area (Å²) in [5, 5.41) is 4.11. The van der Waals surface area contributed by atoms with Crippen LogP contribution in [-0.2, 0) is 4.79 Å². The number of methoxy groups -OCH3 is 1. The number of ether oxygens (including phenoxy) is 1. The highest BCUT2D eigenvalue weighted by atomic mass is 16.5. The molecule has 1 unspecified atom stereocenters. The molecule has 0 radical (unpaired) electrons. The van der Waals surface area contributed by atoms with Crippen LogP contribution in [0.3, 0.4) is 0 Å². The molecule has 6 nitrogen and oxygen atoms in total. The summed E-state index contributed by atoms with van der Waals surface area (Å²) in [4.78, 5) is 18.8. The summed E-state index contributed by atoms with van der Waals surface area (Å²) in [5.41, 5.74) is 0.888. The van der Waals surface area contributed by atoms with Crippen LogP contribution in [0.15, 0.2) is 28.8 Å². The summed E-state index contributed by atoms with van der Waals surface area (Å²) in [7, 11) is 1.64. The third-order valence-corrected chi connectivity index (χ3v) is 4.50. The first-order valence-corrected chi connectivity index (χ1v) is 8.82. The molecule has 134 valence electrons. The van der Waals surface area contributed by atoms with Gasteiger partial charge < -0.3 is 14.2 Å². The van der Waals surface area contributed by atoms with E-state index in [4.69, 9.17) is 9.26 Å². The van der Waals surface area contributed by atoms with Crippen molar-refractivity contribution in [1.82, 2.24) is 15.0 Å². The molecule has 1 amide bonds. The van der Waals surface area contributed by atoms with Gasteiger partial charge in [-0.05, 0) is 43.0 Å². The fourth-order valence-electron chi connectivity index (χ4n) is 3.14. The second-order valence-corrected chi connectivity index (χ2v) is 6.96. The van der Waals surface area contributed by atoms with Crippen LogP contribution in [0.4, 0.5) is 0 Å².